The molecule has 1 aromatic carbocycles. The van der Waals surface area contributed by atoms with Gasteiger partial charge in [0.1, 0.15) is 17.3 Å². The molecular weight excluding hydrogens is 234 g/mol. The van der Waals surface area contributed by atoms with Gasteiger partial charge in [-0.1, -0.05) is 0 Å². The van der Waals surface area contributed by atoms with Gasteiger partial charge in [0.05, 0.1) is 0 Å². The molecule has 1 heterocycles. The van der Waals surface area contributed by atoms with E-state index in [2.05, 4.69) is 0 Å². The van der Waals surface area contributed by atoms with Gasteiger partial charge in [-0.3, -0.25) is 0 Å². The smallest absolute Gasteiger partial charge is 0.149 e. The van der Waals surface area contributed by atoms with Crippen LogP contribution in [0, 0.1) is 11.6 Å². The maximum absolute atomic E-state index is 14.1. The summed E-state index contributed by atoms with van der Waals surface area (Å²) in [5.41, 5.74) is 6.39. The number of nitrogens with zero attached hydrogens (tertiary/aromatic N) is 1. The minimum absolute atomic E-state index is 0.0969. The van der Waals surface area contributed by atoms with Gasteiger partial charge >= 0.3 is 0 Å². The molecule has 0 aromatic heterocycles. The molecule has 2 N–H and O–H groups in total. The summed E-state index contributed by atoms with van der Waals surface area (Å²) in [6.07, 6.45) is 2.46. The Balaban J connectivity index is 2.32. The highest BCUT2D eigenvalue weighted by Crippen LogP contribution is 2.31. The number of anilines is 1. The van der Waals surface area contributed by atoms with Crippen molar-refractivity contribution >= 4 is 5.69 Å². The van der Waals surface area contributed by atoms with Crippen LogP contribution in [0.25, 0.3) is 0 Å². The monoisotopic (exact) mass is 254 g/mol. The number of halogens is 2. The van der Waals surface area contributed by atoms with Crippen molar-refractivity contribution in [3.8, 4) is 0 Å². The largest absolute Gasteiger partial charge is 0.364 e. The molecule has 100 valence electrons. The molecule has 2 nitrogen and oxygen atoms in total. The van der Waals surface area contributed by atoms with E-state index in [1.807, 2.05) is 18.7 Å². The Labute approximate surface area is 107 Å². The zero-order valence-electron chi connectivity index (χ0n) is 10.9. The molecule has 1 aliphatic rings. The van der Waals surface area contributed by atoms with Crippen molar-refractivity contribution < 1.29 is 8.78 Å². The number of hydrogen-bond donors (Lipinski definition) is 1. The fourth-order valence-corrected chi connectivity index (χ4v) is 2.65. The molecule has 0 bridgehead atoms. The zero-order chi connectivity index (χ0) is 13.3. The summed E-state index contributed by atoms with van der Waals surface area (Å²) >= 11 is 0. The number of rotatable bonds is 3. The lowest BCUT2D eigenvalue weighted by atomic mass is 10.1. The van der Waals surface area contributed by atoms with Crippen LogP contribution in [0.4, 0.5) is 14.5 Å². The Morgan fingerprint density at radius 3 is 2.44 bits per heavy atom. The highest BCUT2D eigenvalue weighted by molar-refractivity contribution is 5.52. The first-order valence-corrected chi connectivity index (χ1v) is 6.49. The molecule has 1 aliphatic heterocycles. The first kappa shape index (κ1) is 13.3. The SMILES string of the molecule is CC(N)Cc1cc(F)c(N2CCCC2C)c(F)c1. The van der Waals surface area contributed by atoms with Gasteiger partial charge in [0.2, 0.25) is 0 Å². The Bertz CT molecular complexity index is 409. The third-order valence-corrected chi connectivity index (χ3v) is 3.47. The van der Waals surface area contributed by atoms with Crippen molar-refractivity contribution in [3.05, 3.63) is 29.3 Å². The minimum atomic E-state index is -0.473. The van der Waals surface area contributed by atoms with Crippen LogP contribution < -0.4 is 10.6 Å². The Kier molecular flexibility index (Phi) is 3.85. The lowest BCUT2D eigenvalue weighted by Crippen LogP contribution is -2.28. The van der Waals surface area contributed by atoms with Crippen molar-refractivity contribution in [2.75, 3.05) is 11.4 Å². The van der Waals surface area contributed by atoms with Crippen LogP contribution in [-0.4, -0.2) is 18.6 Å². The van der Waals surface area contributed by atoms with Gasteiger partial charge in [-0.15, -0.1) is 0 Å². The second-order valence-corrected chi connectivity index (χ2v) is 5.27. The van der Waals surface area contributed by atoms with Crippen molar-refractivity contribution in [3.63, 3.8) is 0 Å². The molecule has 18 heavy (non-hydrogen) atoms. The van der Waals surface area contributed by atoms with Gasteiger partial charge in [0.25, 0.3) is 0 Å². The molecule has 2 unspecified atom stereocenters. The van der Waals surface area contributed by atoms with Gasteiger partial charge in [0.15, 0.2) is 0 Å². The summed E-state index contributed by atoms with van der Waals surface area (Å²) in [6.45, 7) is 4.55. The Morgan fingerprint density at radius 2 is 2.00 bits per heavy atom. The fourth-order valence-electron chi connectivity index (χ4n) is 2.65. The number of hydrogen-bond acceptors (Lipinski definition) is 2. The zero-order valence-corrected chi connectivity index (χ0v) is 10.9. The molecule has 2 rings (SSSR count). The van der Waals surface area contributed by atoms with E-state index in [0.29, 0.717) is 12.0 Å². The molecule has 1 aromatic rings. The van der Waals surface area contributed by atoms with Crippen LogP contribution in [0.3, 0.4) is 0 Å². The topological polar surface area (TPSA) is 29.3 Å². The average molecular weight is 254 g/mol. The van der Waals surface area contributed by atoms with Crippen LogP contribution in [0.15, 0.2) is 12.1 Å². The van der Waals surface area contributed by atoms with E-state index in [1.54, 1.807) is 0 Å². The minimum Gasteiger partial charge on any atom is -0.364 e. The fraction of sp³-hybridized carbons (Fsp3) is 0.571. The predicted octanol–water partition coefficient (Wildman–Crippen LogP) is 2.84. The summed E-state index contributed by atoms with van der Waals surface area (Å²) in [4.78, 5) is 1.82. The Hall–Kier alpha value is -1.16. The third kappa shape index (κ3) is 2.64. The summed E-state index contributed by atoms with van der Waals surface area (Å²) in [5, 5.41) is 0. The van der Waals surface area contributed by atoms with E-state index in [1.165, 1.54) is 12.1 Å². The van der Waals surface area contributed by atoms with E-state index >= 15 is 0 Å². The van der Waals surface area contributed by atoms with Gasteiger partial charge in [0, 0.05) is 18.6 Å². The van der Waals surface area contributed by atoms with E-state index in [0.717, 1.165) is 19.4 Å². The van der Waals surface area contributed by atoms with E-state index in [4.69, 9.17) is 5.73 Å². The molecule has 0 spiro atoms. The molecule has 0 aliphatic carbocycles. The first-order valence-electron chi connectivity index (χ1n) is 6.49. The summed E-state index contributed by atoms with van der Waals surface area (Å²) in [7, 11) is 0. The van der Waals surface area contributed by atoms with Crippen molar-refractivity contribution in [2.24, 2.45) is 5.73 Å². The number of benzene rings is 1. The maximum atomic E-state index is 14.1. The Morgan fingerprint density at radius 1 is 1.39 bits per heavy atom. The predicted molar refractivity (Wildman–Crippen MR) is 69.8 cm³/mol. The molecular formula is C14H20F2N2. The second kappa shape index (κ2) is 5.22. The van der Waals surface area contributed by atoms with Gasteiger partial charge in [-0.05, 0) is 50.8 Å². The van der Waals surface area contributed by atoms with Crippen molar-refractivity contribution in [1.29, 1.82) is 0 Å². The van der Waals surface area contributed by atoms with Crippen LogP contribution >= 0.6 is 0 Å². The van der Waals surface area contributed by atoms with Crippen molar-refractivity contribution in [2.45, 2.75) is 45.2 Å². The summed E-state index contributed by atoms with van der Waals surface area (Å²) in [6, 6.07) is 2.92. The van der Waals surface area contributed by atoms with E-state index < -0.39 is 11.6 Å². The molecule has 1 saturated heterocycles. The summed E-state index contributed by atoms with van der Waals surface area (Å²) in [5.74, 6) is -0.946. The van der Waals surface area contributed by atoms with Crippen LogP contribution in [0.5, 0.6) is 0 Å². The van der Waals surface area contributed by atoms with Crippen LogP contribution in [0.2, 0.25) is 0 Å². The highest BCUT2D eigenvalue weighted by Gasteiger charge is 2.26. The number of nitrogens with two attached hydrogens (primary N) is 1. The lowest BCUT2D eigenvalue weighted by molar-refractivity contribution is 0.562. The third-order valence-electron chi connectivity index (χ3n) is 3.47. The highest BCUT2D eigenvalue weighted by atomic mass is 19.1. The molecule has 2 atom stereocenters. The summed E-state index contributed by atoms with van der Waals surface area (Å²) < 4.78 is 28.1. The first-order chi connectivity index (χ1) is 8.49. The molecule has 0 radical (unpaired) electrons. The van der Waals surface area contributed by atoms with Gasteiger partial charge in [-0.25, -0.2) is 8.78 Å². The van der Waals surface area contributed by atoms with Gasteiger partial charge in [-0.2, -0.15) is 0 Å². The molecule has 1 fully saturated rings. The standard InChI is InChI=1S/C14H20F2N2/c1-9(17)6-11-7-12(15)14(13(16)8-11)18-5-3-4-10(18)2/h7-10H,3-6,17H2,1-2H3. The lowest BCUT2D eigenvalue weighted by Gasteiger charge is -2.25. The molecule has 0 amide bonds. The van der Waals surface area contributed by atoms with Crippen molar-refractivity contribution in [1.82, 2.24) is 0 Å². The second-order valence-electron chi connectivity index (χ2n) is 5.27. The average Bonchev–Trinajstić information content (AvgIpc) is 2.63. The van der Waals surface area contributed by atoms with Gasteiger partial charge < -0.3 is 10.6 Å². The van der Waals surface area contributed by atoms with Crippen LogP contribution in [0.1, 0.15) is 32.3 Å². The maximum Gasteiger partial charge on any atom is 0.149 e. The van der Waals surface area contributed by atoms with Crippen LogP contribution in [-0.2, 0) is 6.42 Å². The molecule has 4 heteroatoms. The normalized spacial score (nSPS) is 21.4. The quantitative estimate of drug-likeness (QED) is 0.898. The van der Waals surface area contributed by atoms with E-state index in [9.17, 15) is 8.78 Å². The molecule has 0 saturated carbocycles. The van der Waals surface area contributed by atoms with E-state index in [-0.39, 0.29) is 17.8 Å².